The Labute approximate surface area is 59.8 Å². The zero-order chi connectivity index (χ0) is 5.98. The average Bonchev–Trinajstić information content (AvgIpc) is 2.48. The standard InChI is InChI=1S/C7H13Br/c1-2-3-6-4-7(6)5-8/h6-7H,2-5H2,1H3. The van der Waals surface area contributed by atoms with Crippen LogP contribution in [0.25, 0.3) is 0 Å². The van der Waals surface area contributed by atoms with Crippen LogP contribution in [0.5, 0.6) is 0 Å². The van der Waals surface area contributed by atoms with Crippen LogP contribution in [0.3, 0.4) is 0 Å². The lowest BCUT2D eigenvalue weighted by Gasteiger charge is -1.89. The van der Waals surface area contributed by atoms with Crippen LogP contribution in [0, 0.1) is 11.8 Å². The van der Waals surface area contributed by atoms with Gasteiger partial charge in [-0.25, -0.2) is 0 Å². The molecule has 0 aromatic heterocycles. The van der Waals surface area contributed by atoms with Crippen molar-refractivity contribution in [3.8, 4) is 0 Å². The third-order valence-corrected chi connectivity index (χ3v) is 2.76. The van der Waals surface area contributed by atoms with E-state index in [1.807, 2.05) is 0 Å². The lowest BCUT2D eigenvalue weighted by molar-refractivity contribution is 0.664. The van der Waals surface area contributed by atoms with E-state index < -0.39 is 0 Å². The summed E-state index contributed by atoms with van der Waals surface area (Å²) in [5.74, 6) is 2.12. The minimum atomic E-state index is 1.04. The summed E-state index contributed by atoms with van der Waals surface area (Å²) in [5.41, 5.74) is 0. The molecule has 48 valence electrons. The topological polar surface area (TPSA) is 0 Å². The van der Waals surface area contributed by atoms with Gasteiger partial charge in [-0.1, -0.05) is 35.7 Å². The molecular weight excluding hydrogens is 164 g/mol. The molecule has 1 aliphatic rings. The van der Waals surface area contributed by atoms with Crippen molar-refractivity contribution in [2.75, 3.05) is 5.33 Å². The first-order chi connectivity index (χ1) is 3.88. The largest absolute Gasteiger partial charge is 0.0925 e. The van der Waals surface area contributed by atoms with Gasteiger partial charge < -0.3 is 0 Å². The van der Waals surface area contributed by atoms with Crippen LogP contribution in [0.1, 0.15) is 26.2 Å². The van der Waals surface area contributed by atoms with Gasteiger partial charge >= 0.3 is 0 Å². The summed E-state index contributed by atoms with van der Waals surface area (Å²) in [6, 6.07) is 0. The predicted molar refractivity (Wildman–Crippen MR) is 40.3 cm³/mol. The van der Waals surface area contributed by atoms with Crippen molar-refractivity contribution in [1.82, 2.24) is 0 Å². The van der Waals surface area contributed by atoms with Crippen molar-refractivity contribution >= 4 is 15.9 Å². The molecule has 1 aliphatic carbocycles. The molecule has 0 saturated heterocycles. The SMILES string of the molecule is CCCC1CC1CBr. The summed E-state index contributed by atoms with van der Waals surface area (Å²) in [7, 11) is 0. The van der Waals surface area contributed by atoms with Crippen LogP contribution in [0.4, 0.5) is 0 Å². The molecule has 1 fully saturated rings. The molecule has 1 rings (SSSR count). The lowest BCUT2D eigenvalue weighted by atomic mass is 10.2. The van der Waals surface area contributed by atoms with Gasteiger partial charge in [0.2, 0.25) is 0 Å². The number of hydrogen-bond acceptors (Lipinski definition) is 0. The van der Waals surface area contributed by atoms with E-state index in [1.54, 1.807) is 0 Å². The molecule has 0 amide bonds. The van der Waals surface area contributed by atoms with Gasteiger partial charge in [0.1, 0.15) is 0 Å². The summed E-state index contributed by atoms with van der Waals surface area (Å²) < 4.78 is 0. The number of hydrogen-bond donors (Lipinski definition) is 0. The normalized spacial score (nSPS) is 35.2. The maximum absolute atomic E-state index is 3.49. The van der Waals surface area contributed by atoms with E-state index in [0.717, 1.165) is 11.8 Å². The average molecular weight is 177 g/mol. The number of alkyl halides is 1. The van der Waals surface area contributed by atoms with Crippen molar-refractivity contribution in [3.05, 3.63) is 0 Å². The van der Waals surface area contributed by atoms with Gasteiger partial charge in [-0.2, -0.15) is 0 Å². The van der Waals surface area contributed by atoms with E-state index in [4.69, 9.17) is 0 Å². The van der Waals surface area contributed by atoms with Crippen LogP contribution in [-0.2, 0) is 0 Å². The molecule has 2 unspecified atom stereocenters. The summed E-state index contributed by atoms with van der Waals surface area (Å²) in [6.07, 6.45) is 4.31. The molecule has 1 heteroatoms. The van der Waals surface area contributed by atoms with Crippen LogP contribution in [0.2, 0.25) is 0 Å². The molecular formula is C7H13Br. The predicted octanol–water partition coefficient (Wildman–Crippen LogP) is 2.82. The second-order valence-corrected chi connectivity index (χ2v) is 3.35. The molecule has 0 N–H and O–H groups in total. The van der Waals surface area contributed by atoms with Gasteiger partial charge in [-0.05, 0) is 18.3 Å². The fraction of sp³-hybridized carbons (Fsp3) is 1.00. The van der Waals surface area contributed by atoms with E-state index in [-0.39, 0.29) is 0 Å². The maximum Gasteiger partial charge on any atom is 0.00624 e. The van der Waals surface area contributed by atoms with Gasteiger partial charge in [-0.15, -0.1) is 0 Å². The van der Waals surface area contributed by atoms with Crippen LogP contribution >= 0.6 is 15.9 Å². The smallest absolute Gasteiger partial charge is 0.00624 e. The lowest BCUT2D eigenvalue weighted by Crippen LogP contribution is -1.81. The highest BCUT2D eigenvalue weighted by molar-refractivity contribution is 9.09. The fourth-order valence-electron chi connectivity index (χ4n) is 1.22. The van der Waals surface area contributed by atoms with Crippen molar-refractivity contribution < 1.29 is 0 Å². The second kappa shape index (κ2) is 2.86. The Morgan fingerprint density at radius 1 is 1.50 bits per heavy atom. The van der Waals surface area contributed by atoms with Crippen molar-refractivity contribution in [2.24, 2.45) is 11.8 Å². The van der Waals surface area contributed by atoms with Crippen LogP contribution < -0.4 is 0 Å². The van der Waals surface area contributed by atoms with Crippen molar-refractivity contribution in [3.63, 3.8) is 0 Å². The first-order valence-electron chi connectivity index (χ1n) is 3.44. The molecule has 0 aromatic rings. The van der Waals surface area contributed by atoms with E-state index in [1.165, 1.54) is 24.6 Å². The molecule has 0 aromatic carbocycles. The van der Waals surface area contributed by atoms with Gasteiger partial charge in [0.25, 0.3) is 0 Å². The van der Waals surface area contributed by atoms with Gasteiger partial charge in [-0.3, -0.25) is 0 Å². The zero-order valence-electron chi connectivity index (χ0n) is 5.36. The van der Waals surface area contributed by atoms with E-state index in [0.29, 0.717) is 0 Å². The van der Waals surface area contributed by atoms with E-state index in [2.05, 4.69) is 22.9 Å². The first-order valence-corrected chi connectivity index (χ1v) is 4.56. The minimum Gasteiger partial charge on any atom is -0.0925 e. The highest BCUT2D eigenvalue weighted by Gasteiger charge is 2.34. The Morgan fingerprint density at radius 3 is 2.62 bits per heavy atom. The molecule has 8 heavy (non-hydrogen) atoms. The second-order valence-electron chi connectivity index (χ2n) is 2.70. The molecule has 0 radical (unpaired) electrons. The van der Waals surface area contributed by atoms with Crippen molar-refractivity contribution in [1.29, 1.82) is 0 Å². The van der Waals surface area contributed by atoms with Crippen LogP contribution in [0.15, 0.2) is 0 Å². The monoisotopic (exact) mass is 176 g/mol. The highest BCUT2D eigenvalue weighted by Crippen LogP contribution is 2.42. The molecule has 1 saturated carbocycles. The van der Waals surface area contributed by atoms with E-state index >= 15 is 0 Å². The number of rotatable bonds is 3. The molecule has 0 spiro atoms. The van der Waals surface area contributed by atoms with Gasteiger partial charge in [0.15, 0.2) is 0 Å². The fourth-order valence-corrected chi connectivity index (χ4v) is 2.02. The van der Waals surface area contributed by atoms with Crippen LogP contribution in [-0.4, -0.2) is 5.33 Å². The third kappa shape index (κ3) is 1.48. The Balaban J connectivity index is 1.99. The van der Waals surface area contributed by atoms with Crippen molar-refractivity contribution in [2.45, 2.75) is 26.2 Å². The summed E-state index contributed by atoms with van der Waals surface area (Å²) in [5, 5.41) is 1.23. The third-order valence-electron chi connectivity index (χ3n) is 1.93. The van der Waals surface area contributed by atoms with E-state index in [9.17, 15) is 0 Å². The minimum absolute atomic E-state index is 1.04. The zero-order valence-corrected chi connectivity index (χ0v) is 6.95. The molecule has 0 aliphatic heterocycles. The molecule has 0 nitrogen and oxygen atoms in total. The maximum atomic E-state index is 3.49. The van der Waals surface area contributed by atoms with Gasteiger partial charge in [0, 0.05) is 5.33 Å². The molecule has 0 heterocycles. The molecule has 2 atom stereocenters. The first kappa shape index (κ1) is 6.60. The van der Waals surface area contributed by atoms with Gasteiger partial charge in [0.05, 0.1) is 0 Å². The summed E-state index contributed by atoms with van der Waals surface area (Å²) >= 11 is 3.49. The quantitative estimate of drug-likeness (QED) is 0.581. The molecule has 0 bridgehead atoms. The summed E-state index contributed by atoms with van der Waals surface area (Å²) in [4.78, 5) is 0. The Hall–Kier alpha value is 0.480. The Morgan fingerprint density at radius 2 is 2.25 bits per heavy atom. The Kier molecular flexibility index (Phi) is 2.36. The highest BCUT2D eigenvalue weighted by atomic mass is 79.9. The summed E-state index contributed by atoms with van der Waals surface area (Å²) in [6.45, 7) is 2.27. The number of halogens is 1. The Bertz CT molecular complexity index is 70.8.